The molecule has 1 aromatic carbocycles. The Morgan fingerprint density at radius 3 is 2.56 bits per heavy atom. The van der Waals surface area contributed by atoms with Gasteiger partial charge in [0.2, 0.25) is 11.8 Å². The van der Waals surface area contributed by atoms with E-state index < -0.39 is 22.7 Å². The van der Waals surface area contributed by atoms with Crippen LogP contribution in [0.2, 0.25) is 0 Å². The fraction of sp³-hybridized carbons (Fsp3) is 0.333. The summed E-state index contributed by atoms with van der Waals surface area (Å²) in [6.45, 7) is 5.47. The molecule has 2 heterocycles. The van der Waals surface area contributed by atoms with Crippen LogP contribution in [0.1, 0.15) is 39.2 Å². The van der Waals surface area contributed by atoms with E-state index >= 15 is 0 Å². The first-order valence-corrected chi connectivity index (χ1v) is 10.3. The molecule has 1 amide bonds. The Balaban J connectivity index is 2.11. The minimum Gasteiger partial charge on any atom is -0.463 e. The van der Waals surface area contributed by atoms with E-state index in [-0.39, 0.29) is 52.9 Å². The number of benzene rings is 1. The first-order valence-electron chi connectivity index (χ1n) is 10.3. The van der Waals surface area contributed by atoms with Crippen molar-refractivity contribution in [2.45, 2.75) is 33.6 Å². The first-order chi connectivity index (χ1) is 15.2. The van der Waals surface area contributed by atoms with Crippen LogP contribution in [-0.2, 0) is 23.9 Å². The summed E-state index contributed by atoms with van der Waals surface area (Å²) in [4.78, 5) is 40.4. The van der Waals surface area contributed by atoms with Crippen molar-refractivity contribution in [3.63, 3.8) is 0 Å². The van der Waals surface area contributed by atoms with Gasteiger partial charge in [0.25, 0.3) is 0 Å². The number of allylic oxidation sites excluding steroid dienone is 1. The van der Waals surface area contributed by atoms with Gasteiger partial charge in [-0.2, -0.15) is 5.26 Å². The van der Waals surface area contributed by atoms with E-state index in [9.17, 15) is 19.6 Å². The summed E-state index contributed by atoms with van der Waals surface area (Å²) in [7, 11) is 0. The Hall–Kier alpha value is -3.86. The van der Waals surface area contributed by atoms with Crippen LogP contribution < -0.4 is 11.1 Å². The number of ether oxygens (including phenoxy) is 2. The molecule has 8 nitrogen and oxygen atoms in total. The van der Waals surface area contributed by atoms with Gasteiger partial charge in [-0.15, -0.1) is 0 Å². The highest BCUT2D eigenvalue weighted by molar-refractivity contribution is 6.22. The summed E-state index contributed by atoms with van der Waals surface area (Å²) in [6.07, 6.45) is 0.443. The number of carbonyl (C=O) groups is 3. The van der Waals surface area contributed by atoms with Gasteiger partial charge in [0.15, 0.2) is 11.2 Å². The molecular formula is C24H23N3O5. The molecule has 0 radical (unpaired) electrons. The second kappa shape index (κ2) is 7.38. The van der Waals surface area contributed by atoms with E-state index in [1.54, 1.807) is 37.3 Å². The lowest BCUT2D eigenvalue weighted by molar-refractivity contribution is -0.141. The molecule has 3 aliphatic rings. The normalized spacial score (nSPS) is 24.2. The van der Waals surface area contributed by atoms with Crippen molar-refractivity contribution < 1.29 is 23.9 Å². The van der Waals surface area contributed by atoms with Gasteiger partial charge in [-0.3, -0.25) is 9.59 Å². The van der Waals surface area contributed by atoms with Crippen molar-refractivity contribution in [3.8, 4) is 6.07 Å². The summed E-state index contributed by atoms with van der Waals surface area (Å²) in [5.74, 6) is -1.99. The lowest BCUT2D eigenvalue weighted by Crippen LogP contribution is -2.48. The number of nitrogens with zero attached hydrogens (tertiary/aromatic N) is 1. The minimum atomic E-state index is -2.03. The standard InChI is InChI=1S/C24H23N3O5/c1-4-31-21(29)18-19(13-8-6-5-7-9-13)27-22(30)24(18)14(12-25)20(26)32-16-11-23(2,3)10-15(28)17(16)24/h5-9H,4,10-11,26H2,1-3H3,(H,27,30). The number of carbonyl (C=O) groups excluding carboxylic acids is 3. The lowest BCUT2D eigenvalue weighted by Gasteiger charge is -2.41. The molecule has 0 bridgehead atoms. The van der Waals surface area contributed by atoms with Crippen LogP contribution in [0, 0.1) is 22.2 Å². The predicted molar refractivity (Wildman–Crippen MR) is 114 cm³/mol. The topological polar surface area (TPSA) is 132 Å². The molecule has 1 unspecified atom stereocenters. The largest absolute Gasteiger partial charge is 0.463 e. The van der Waals surface area contributed by atoms with E-state index in [4.69, 9.17) is 15.2 Å². The number of nitrogens with one attached hydrogen (secondary N) is 1. The maximum atomic E-state index is 13.7. The van der Waals surface area contributed by atoms with Gasteiger partial charge in [-0.1, -0.05) is 44.2 Å². The molecule has 0 saturated carbocycles. The van der Waals surface area contributed by atoms with E-state index in [1.165, 1.54) is 0 Å². The van der Waals surface area contributed by atoms with Crippen LogP contribution >= 0.6 is 0 Å². The lowest BCUT2D eigenvalue weighted by atomic mass is 9.61. The van der Waals surface area contributed by atoms with Crippen LogP contribution in [0.5, 0.6) is 0 Å². The maximum Gasteiger partial charge on any atom is 0.337 e. The molecule has 1 atom stereocenters. The van der Waals surface area contributed by atoms with Gasteiger partial charge in [-0.25, -0.2) is 4.79 Å². The molecule has 0 fully saturated rings. The molecule has 32 heavy (non-hydrogen) atoms. The van der Waals surface area contributed by atoms with Crippen molar-refractivity contribution in [2.24, 2.45) is 16.6 Å². The number of nitrogens with two attached hydrogens (primary N) is 1. The van der Waals surface area contributed by atoms with Gasteiger partial charge in [0, 0.05) is 12.8 Å². The van der Waals surface area contributed by atoms with Gasteiger partial charge in [0.05, 0.1) is 23.5 Å². The van der Waals surface area contributed by atoms with Crippen molar-refractivity contribution in [1.82, 2.24) is 5.32 Å². The minimum absolute atomic E-state index is 0.0194. The van der Waals surface area contributed by atoms with E-state index in [0.717, 1.165) is 0 Å². The summed E-state index contributed by atoms with van der Waals surface area (Å²) in [5.41, 5.74) is 3.91. The third kappa shape index (κ3) is 2.93. The monoisotopic (exact) mass is 433 g/mol. The predicted octanol–water partition coefficient (Wildman–Crippen LogP) is 2.44. The second-order valence-electron chi connectivity index (χ2n) is 8.73. The maximum absolute atomic E-state index is 13.7. The van der Waals surface area contributed by atoms with Gasteiger partial charge >= 0.3 is 5.97 Å². The van der Waals surface area contributed by atoms with Crippen molar-refractivity contribution in [2.75, 3.05) is 6.61 Å². The van der Waals surface area contributed by atoms with E-state index in [2.05, 4.69) is 5.32 Å². The van der Waals surface area contributed by atoms with Gasteiger partial charge < -0.3 is 20.5 Å². The van der Waals surface area contributed by atoms with Crippen molar-refractivity contribution >= 4 is 23.4 Å². The smallest absolute Gasteiger partial charge is 0.337 e. The molecule has 1 aromatic rings. The van der Waals surface area contributed by atoms with Crippen LogP contribution in [0.3, 0.4) is 0 Å². The zero-order valence-electron chi connectivity index (χ0n) is 18.1. The Morgan fingerprint density at radius 2 is 1.94 bits per heavy atom. The summed E-state index contributed by atoms with van der Waals surface area (Å²) < 4.78 is 11.0. The summed E-state index contributed by atoms with van der Waals surface area (Å²) >= 11 is 0. The quantitative estimate of drug-likeness (QED) is 0.700. The summed E-state index contributed by atoms with van der Waals surface area (Å²) in [5, 5.41) is 12.8. The van der Waals surface area contributed by atoms with Gasteiger partial charge in [0.1, 0.15) is 17.4 Å². The summed E-state index contributed by atoms with van der Waals surface area (Å²) in [6, 6.07) is 10.7. The average Bonchev–Trinajstić information content (AvgIpc) is 3.01. The zero-order chi connectivity index (χ0) is 23.3. The number of amides is 1. The molecule has 2 aliphatic heterocycles. The van der Waals surface area contributed by atoms with Crippen LogP contribution in [-0.4, -0.2) is 24.3 Å². The van der Waals surface area contributed by atoms with Crippen LogP contribution in [0.4, 0.5) is 0 Å². The van der Waals surface area contributed by atoms with Crippen LogP contribution in [0.15, 0.2) is 58.7 Å². The third-order valence-corrected chi connectivity index (χ3v) is 5.92. The van der Waals surface area contributed by atoms with Crippen molar-refractivity contribution in [3.05, 3.63) is 64.3 Å². The molecule has 1 spiro atoms. The third-order valence-electron chi connectivity index (χ3n) is 5.92. The Bertz CT molecular complexity index is 1180. The molecular weight excluding hydrogens is 410 g/mol. The molecule has 1 aliphatic carbocycles. The number of hydrogen-bond donors (Lipinski definition) is 2. The Kier molecular flexibility index (Phi) is 4.93. The van der Waals surface area contributed by atoms with E-state index in [0.29, 0.717) is 12.0 Å². The number of hydrogen-bond acceptors (Lipinski definition) is 7. The molecule has 3 N–H and O–H groups in total. The molecule has 0 saturated heterocycles. The number of esters is 1. The fourth-order valence-electron chi connectivity index (χ4n) is 4.73. The van der Waals surface area contributed by atoms with Gasteiger partial charge in [-0.05, 0) is 17.9 Å². The van der Waals surface area contributed by atoms with Crippen molar-refractivity contribution in [1.29, 1.82) is 5.26 Å². The number of Topliss-reactive ketones (excluding diaryl/α,β-unsaturated/α-hetero) is 1. The highest BCUT2D eigenvalue weighted by Gasteiger charge is 2.64. The molecule has 164 valence electrons. The second-order valence-corrected chi connectivity index (χ2v) is 8.73. The highest BCUT2D eigenvalue weighted by atomic mass is 16.5. The number of fused-ring (bicyclic) bond motifs is 1. The molecule has 4 rings (SSSR count). The fourth-order valence-corrected chi connectivity index (χ4v) is 4.73. The number of rotatable bonds is 3. The van der Waals surface area contributed by atoms with Crippen LogP contribution in [0.25, 0.3) is 5.70 Å². The average molecular weight is 433 g/mol. The number of nitriles is 1. The Labute approximate surface area is 185 Å². The zero-order valence-corrected chi connectivity index (χ0v) is 18.1. The SMILES string of the molecule is CCOC(=O)C1=C(c2ccccc2)NC(=O)C12C(C#N)=C(N)OC1=C2C(=O)CC(C)(C)C1. The Morgan fingerprint density at radius 1 is 1.25 bits per heavy atom. The molecule has 8 heteroatoms. The number of ketones is 1. The molecule has 0 aromatic heterocycles. The van der Waals surface area contributed by atoms with E-state index in [1.807, 2.05) is 19.9 Å². The highest BCUT2D eigenvalue weighted by Crippen LogP contribution is 2.57. The first kappa shape index (κ1) is 21.4.